The van der Waals surface area contributed by atoms with Gasteiger partial charge in [0.25, 0.3) is 0 Å². The third-order valence-electron chi connectivity index (χ3n) is 7.80. The zero-order valence-corrected chi connectivity index (χ0v) is 32.5. The predicted molar refractivity (Wildman–Crippen MR) is 208 cm³/mol. The van der Waals surface area contributed by atoms with Gasteiger partial charge in [0.1, 0.15) is 6.61 Å². The number of unbranched alkanes of at least 4 members (excludes halogenated alkanes) is 11. The van der Waals surface area contributed by atoms with E-state index in [1.807, 2.05) is 12.2 Å². The summed E-state index contributed by atoms with van der Waals surface area (Å²) >= 11 is 0. The van der Waals surface area contributed by atoms with Gasteiger partial charge >= 0.3 is 19.8 Å². The number of carbonyl (C=O) groups excluding carboxylic acids is 2. The molecule has 0 bridgehead atoms. The van der Waals surface area contributed by atoms with Crippen molar-refractivity contribution in [2.24, 2.45) is 0 Å². The van der Waals surface area contributed by atoms with Crippen LogP contribution in [0.5, 0.6) is 0 Å². The first-order valence-electron chi connectivity index (χ1n) is 19.3. The van der Waals surface area contributed by atoms with Gasteiger partial charge in [0.2, 0.25) is 0 Å². The molecular weight excluding hydrogens is 667 g/mol. The van der Waals surface area contributed by atoms with Crippen LogP contribution in [0, 0.1) is 0 Å². The molecule has 9 nitrogen and oxygen atoms in total. The molecule has 0 rings (SSSR count). The van der Waals surface area contributed by atoms with E-state index in [-0.39, 0.29) is 19.4 Å². The molecule has 0 radical (unpaired) electrons. The van der Waals surface area contributed by atoms with E-state index in [0.717, 1.165) is 44.9 Å². The quantitative estimate of drug-likeness (QED) is 0.0194. The van der Waals surface area contributed by atoms with E-state index in [9.17, 15) is 19.3 Å². The van der Waals surface area contributed by atoms with E-state index >= 15 is 0 Å². The van der Waals surface area contributed by atoms with Gasteiger partial charge in [0.05, 0.1) is 12.7 Å². The van der Waals surface area contributed by atoms with Crippen LogP contribution in [0.1, 0.15) is 149 Å². The fourth-order valence-electron chi connectivity index (χ4n) is 4.86. The Morgan fingerprint density at radius 1 is 0.608 bits per heavy atom. The molecule has 0 aliphatic carbocycles. The van der Waals surface area contributed by atoms with Gasteiger partial charge in [-0.05, 0) is 77.0 Å². The first-order chi connectivity index (χ1) is 24.7. The van der Waals surface area contributed by atoms with Crippen molar-refractivity contribution in [1.82, 2.24) is 0 Å². The number of aliphatic hydroxyl groups excluding tert-OH is 1. The Bertz CT molecular complexity index is 1070. The van der Waals surface area contributed by atoms with E-state index in [1.165, 1.54) is 57.8 Å². The lowest BCUT2D eigenvalue weighted by Gasteiger charge is -2.18. The molecule has 10 heteroatoms. The summed E-state index contributed by atoms with van der Waals surface area (Å²) in [5.41, 5.74) is 0. The van der Waals surface area contributed by atoms with Crippen LogP contribution < -0.4 is 0 Å². The summed E-state index contributed by atoms with van der Waals surface area (Å²) in [5.74, 6) is -1.13. The van der Waals surface area contributed by atoms with Crippen molar-refractivity contribution in [1.29, 1.82) is 0 Å². The normalized spacial score (nSPS) is 13.9. The van der Waals surface area contributed by atoms with Crippen molar-refractivity contribution in [3.8, 4) is 0 Å². The van der Waals surface area contributed by atoms with E-state index in [4.69, 9.17) is 19.3 Å². The SMILES string of the molecule is CCCCC/C=C\C/C=C\C/C=C\CCCCC(=O)OC[C@H](COP(=O)(O)O)OC(=O)CCCC(O)/C=C/C=C/C/C=C/CCCCCCCC. The number of hydrogen-bond acceptors (Lipinski definition) is 7. The molecular formula is C41H69O9P. The van der Waals surface area contributed by atoms with Crippen molar-refractivity contribution in [3.63, 3.8) is 0 Å². The highest BCUT2D eigenvalue weighted by atomic mass is 31.2. The second-order valence-corrected chi connectivity index (χ2v) is 14.0. The molecule has 0 aromatic rings. The highest BCUT2D eigenvalue weighted by Gasteiger charge is 2.23. The molecule has 0 amide bonds. The molecule has 0 saturated heterocycles. The Balaban J connectivity index is 4.24. The molecule has 292 valence electrons. The Morgan fingerprint density at radius 3 is 1.75 bits per heavy atom. The number of esters is 2. The first-order valence-corrected chi connectivity index (χ1v) is 20.9. The Kier molecular flexibility index (Phi) is 34.0. The van der Waals surface area contributed by atoms with Crippen LogP contribution in [0.2, 0.25) is 0 Å². The zero-order valence-electron chi connectivity index (χ0n) is 31.6. The van der Waals surface area contributed by atoms with Crippen LogP contribution >= 0.6 is 7.82 Å². The molecule has 0 spiro atoms. The highest BCUT2D eigenvalue weighted by Crippen LogP contribution is 2.36. The summed E-state index contributed by atoms with van der Waals surface area (Å²) in [6.07, 6.45) is 42.3. The zero-order chi connectivity index (χ0) is 37.7. The topological polar surface area (TPSA) is 140 Å². The molecule has 1 unspecified atom stereocenters. The number of allylic oxidation sites excluding steroid dienone is 11. The number of phosphoric acid groups is 1. The highest BCUT2D eigenvalue weighted by molar-refractivity contribution is 7.46. The van der Waals surface area contributed by atoms with Crippen LogP contribution in [0.3, 0.4) is 0 Å². The monoisotopic (exact) mass is 736 g/mol. The van der Waals surface area contributed by atoms with Gasteiger partial charge in [-0.15, -0.1) is 0 Å². The van der Waals surface area contributed by atoms with Crippen LogP contribution in [-0.2, 0) is 28.2 Å². The van der Waals surface area contributed by atoms with Crippen molar-refractivity contribution >= 4 is 19.8 Å². The van der Waals surface area contributed by atoms with Crippen molar-refractivity contribution in [3.05, 3.63) is 72.9 Å². The van der Waals surface area contributed by atoms with E-state index in [1.54, 1.807) is 12.2 Å². The molecule has 0 aliphatic rings. The maximum absolute atomic E-state index is 12.4. The smallest absolute Gasteiger partial charge is 0.462 e. The maximum atomic E-state index is 12.4. The molecule has 2 atom stereocenters. The molecule has 0 aromatic carbocycles. The number of aliphatic hydroxyl groups is 1. The molecule has 51 heavy (non-hydrogen) atoms. The average molecular weight is 737 g/mol. The van der Waals surface area contributed by atoms with Gasteiger partial charge in [0.15, 0.2) is 6.10 Å². The second kappa shape index (κ2) is 35.8. The first kappa shape index (κ1) is 48.5. The van der Waals surface area contributed by atoms with E-state index in [0.29, 0.717) is 19.3 Å². The second-order valence-electron chi connectivity index (χ2n) is 12.7. The lowest BCUT2D eigenvalue weighted by molar-refractivity contribution is -0.161. The summed E-state index contributed by atoms with van der Waals surface area (Å²) in [6.45, 7) is 3.43. The maximum Gasteiger partial charge on any atom is 0.469 e. The van der Waals surface area contributed by atoms with Gasteiger partial charge in [0, 0.05) is 12.8 Å². The standard InChI is InChI=1S/C41H69O9P/c1-3-5-7-9-11-13-15-17-18-20-22-24-26-28-30-34-40(43)48-36-39(37-49-51(45,46)47)50-41(44)35-31-33-38(42)32-29-27-25-23-21-19-16-14-12-10-8-6-4-2/h11,13,17-19,21-22,24-25,27,29,32,38-39,42H,3-10,12,14-16,20,23,26,28,30-31,33-37H2,1-2H3,(H2,45,46,47)/b13-11-,18-17-,21-19+,24-22-,27-25+,32-29+/t38?,39-/m1/s1. The molecule has 0 fully saturated rings. The molecule has 0 heterocycles. The number of ether oxygens (including phenoxy) is 2. The van der Waals surface area contributed by atoms with Crippen LogP contribution in [-0.4, -0.2) is 52.3 Å². The van der Waals surface area contributed by atoms with Gasteiger partial charge in [-0.1, -0.05) is 132 Å². The summed E-state index contributed by atoms with van der Waals surface area (Å²) in [7, 11) is -4.82. The Hall–Kier alpha value is -2.55. The fraction of sp³-hybridized carbons (Fsp3) is 0.659. The number of carbonyl (C=O) groups is 2. The largest absolute Gasteiger partial charge is 0.469 e. The summed E-state index contributed by atoms with van der Waals surface area (Å²) in [4.78, 5) is 42.7. The minimum atomic E-state index is -4.82. The third kappa shape index (κ3) is 38.5. The molecule has 3 N–H and O–H groups in total. The summed E-state index contributed by atoms with van der Waals surface area (Å²) in [5, 5.41) is 10.2. The average Bonchev–Trinajstić information content (AvgIpc) is 3.09. The molecule has 0 saturated carbocycles. The van der Waals surface area contributed by atoms with Gasteiger partial charge < -0.3 is 24.4 Å². The van der Waals surface area contributed by atoms with Gasteiger partial charge in [-0.3, -0.25) is 14.1 Å². The van der Waals surface area contributed by atoms with Gasteiger partial charge in [-0.25, -0.2) is 4.57 Å². The van der Waals surface area contributed by atoms with E-state index in [2.05, 4.69) is 67.0 Å². The third-order valence-corrected chi connectivity index (χ3v) is 8.29. The van der Waals surface area contributed by atoms with E-state index < -0.39 is 38.6 Å². The van der Waals surface area contributed by atoms with Crippen LogP contribution in [0.4, 0.5) is 0 Å². The van der Waals surface area contributed by atoms with Crippen LogP contribution in [0.15, 0.2) is 72.9 Å². The van der Waals surface area contributed by atoms with Gasteiger partial charge in [-0.2, -0.15) is 0 Å². The number of phosphoric ester groups is 1. The minimum absolute atomic E-state index is 0.0238. The molecule has 0 aliphatic heterocycles. The Labute approximate surface area is 309 Å². The molecule has 0 aromatic heterocycles. The lowest BCUT2D eigenvalue weighted by Crippen LogP contribution is -2.29. The predicted octanol–water partition coefficient (Wildman–Crippen LogP) is 10.5. The van der Waals surface area contributed by atoms with Crippen LogP contribution in [0.25, 0.3) is 0 Å². The number of rotatable bonds is 34. The lowest BCUT2D eigenvalue weighted by atomic mass is 10.1. The summed E-state index contributed by atoms with van der Waals surface area (Å²) < 4.78 is 26.1. The van der Waals surface area contributed by atoms with Crippen molar-refractivity contribution in [2.45, 2.75) is 161 Å². The minimum Gasteiger partial charge on any atom is -0.462 e. The fourth-order valence-corrected chi connectivity index (χ4v) is 5.22. The van der Waals surface area contributed by atoms with Crippen molar-refractivity contribution in [2.75, 3.05) is 13.2 Å². The Morgan fingerprint density at radius 2 is 1.12 bits per heavy atom. The van der Waals surface area contributed by atoms with Crippen molar-refractivity contribution < 1.29 is 43.0 Å². The number of hydrogen-bond donors (Lipinski definition) is 3. The summed E-state index contributed by atoms with van der Waals surface area (Å²) in [6, 6.07) is 0.